The van der Waals surface area contributed by atoms with E-state index in [0.29, 0.717) is 15.9 Å². The number of carbonyl (C=O) groups is 2. The van der Waals surface area contributed by atoms with E-state index in [2.05, 4.69) is 31.2 Å². The Balaban J connectivity index is 0.00000182. The number of nitrogens with two attached hydrogens (primary N) is 1. The predicted octanol–water partition coefficient (Wildman–Crippen LogP) is 3.54. The maximum Gasteiger partial charge on any atom is 0.263 e. The highest BCUT2D eigenvalue weighted by molar-refractivity contribution is 9.10. The van der Waals surface area contributed by atoms with E-state index in [1.807, 2.05) is 30.3 Å². The molecule has 0 aliphatic heterocycles. The third-order valence-electron chi connectivity index (χ3n) is 3.35. The standard InChI is InChI=1S/C17H13BrN4O2S.2H2/c18-11-6-12(15(19)20-8-11)14(23)17-22-9-13(25-17)16(24)21-7-10-4-2-1-3-5-10;;/h1-6,8-9H,7H2,(H2,19,20)(H,21,24);2*1H. The number of thiazole rings is 1. The molecular weight excluding hydrogens is 404 g/mol. The van der Waals surface area contributed by atoms with Gasteiger partial charge in [0.2, 0.25) is 5.78 Å². The minimum absolute atomic E-state index is 0. The first-order chi connectivity index (χ1) is 12.0. The zero-order valence-corrected chi connectivity index (χ0v) is 15.3. The second-order valence-electron chi connectivity index (χ2n) is 5.11. The number of ketones is 1. The average Bonchev–Trinajstić information content (AvgIpc) is 3.12. The third kappa shape index (κ3) is 4.09. The lowest BCUT2D eigenvalue weighted by molar-refractivity contribution is 0.0954. The maximum absolute atomic E-state index is 12.5. The van der Waals surface area contributed by atoms with Gasteiger partial charge in [0, 0.05) is 20.1 Å². The molecule has 2 heterocycles. The molecule has 0 unspecified atom stereocenters. The Labute approximate surface area is 159 Å². The molecule has 6 nitrogen and oxygen atoms in total. The molecule has 0 atom stereocenters. The van der Waals surface area contributed by atoms with Crippen LogP contribution < -0.4 is 11.1 Å². The fraction of sp³-hybridized carbons (Fsp3) is 0.0588. The first kappa shape index (κ1) is 17.2. The van der Waals surface area contributed by atoms with Crippen molar-refractivity contribution in [1.29, 1.82) is 0 Å². The van der Waals surface area contributed by atoms with Crippen LogP contribution in [0, 0.1) is 0 Å². The van der Waals surface area contributed by atoms with Crippen molar-refractivity contribution in [3.8, 4) is 0 Å². The number of hydrogen-bond donors (Lipinski definition) is 2. The number of aromatic nitrogens is 2. The molecule has 0 fully saturated rings. The highest BCUT2D eigenvalue weighted by Crippen LogP contribution is 2.22. The van der Waals surface area contributed by atoms with Gasteiger partial charge in [-0.1, -0.05) is 30.3 Å². The van der Waals surface area contributed by atoms with Crippen molar-refractivity contribution in [2.45, 2.75) is 6.54 Å². The number of rotatable bonds is 5. The van der Waals surface area contributed by atoms with E-state index in [4.69, 9.17) is 5.73 Å². The molecule has 0 aliphatic rings. The molecule has 25 heavy (non-hydrogen) atoms. The summed E-state index contributed by atoms with van der Waals surface area (Å²) in [5.41, 5.74) is 6.99. The van der Waals surface area contributed by atoms with Crippen LogP contribution in [0.1, 0.15) is 33.5 Å². The van der Waals surface area contributed by atoms with Crippen LogP contribution in [0.5, 0.6) is 0 Å². The molecule has 0 saturated heterocycles. The van der Waals surface area contributed by atoms with Crippen molar-refractivity contribution in [1.82, 2.24) is 15.3 Å². The quantitative estimate of drug-likeness (QED) is 0.615. The van der Waals surface area contributed by atoms with Crippen LogP contribution >= 0.6 is 27.3 Å². The van der Waals surface area contributed by atoms with Gasteiger partial charge in [0.15, 0.2) is 5.01 Å². The summed E-state index contributed by atoms with van der Waals surface area (Å²) in [6.07, 6.45) is 2.90. The summed E-state index contributed by atoms with van der Waals surface area (Å²) in [4.78, 5) is 33.1. The van der Waals surface area contributed by atoms with Crippen molar-refractivity contribution >= 4 is 44.8 Å². The van der Waals surface area contributed by atoms with Gasteiger partial charge in [-0.2, -0.15) is 0 Å². The number of benzene rings is 1. The maximum atomic E-state index is 12.5. The second kappa shape index (κ2) is 7.54. The minimum atomic E-state index is -0.363. The van der Waals surface area contributed by atoms with E-state index in [1.54, 1.807) is 6.07 Å². The number of pyridine rings is 1. The van der Waals surface area contributed by atoms with Gasteiger partial charge in [0.1, 0.15) is 10.7 Å². The summed E-state index contributed by atoms with van der Waals surface area (Å²) in [7, 11) is 0. The summed E-state index contributed by atoms with van der Waals surface area (Å²) in [5.74, 6) is -0.516. The monoisotopic (exact) mass is 420 g/mol. The molecule has 3 rings (SSSR count). The lowest BCUT2D eigenvalue weighted by atomic mass is 10.2. The second-order valence-corrected chi connectivity index (χ2v) is 7.06. The molecule has 0 spiro atoms. The van der Waals surface area contributed by atoms with E-state index >= 15 is 0 Å². The molecule has 130 valence electrons. The van der Waals surface area contributed by atoms with Gasteiger partial charge >= 0.3 is 0 Å². The summed E-state index contributed by atoms with van der Waals surface area (Å²) >= 11 is 4.28. The topological polar surface area (TPSA) is 98.0 Å². The fourth-order valence-corrected chi connectivity index (χ4v) is 3.21. The van der Waals surface area contributed by atoms with Gasteiger partial charge in [-0.25, -0.2) is 9.97 Å². The number of carbonyl (C=O) groups excluding carboxylic acids is 2. The number of nitrogens with one attached hydrogen (secondary N) is 1. The fourth-order valence-electron chi connectivity index (χ4n) is 2.10. The van der Waals surface area contributed by atoms with Gasteiger partial charge in [-0.15, -0.1) is 11.3 Å². The lowest BCUT2D eigenvalue weighted by Gasteiger charge is -2.03. The summed E-state index contributed by atoms with van der Waals surface area (Å²) < 4.78 is 0.641. The molecule has 0 radical (unpaired) electrons. The van der Waals surface area contributed by atoms with E-state index in [0.717, 1.165) is 16.9 Å². The molecule has 0 aliphatic carbocycles. The average molecular weight is 421 g/mol. The predicted molar refractivity (Wildman–Crippen MR) is 104 cm³/mol. The van der Waals surface area contributed by atoms with Crippen LogP contribution in [0.4, 0.5) is 5.82 Å². The molecule has 0 bridgehead atoms. The minimum Gasteiger partial charge on any atom is -0.383 e. The van der Waals surface area contributed by atoms with E-state index in [-0.39, 0.29) is 30.9 Å². The van der Waals surface area contributed by atoms with E-state index in [9.17, 15) is 9.59 Å². The summed E-state index contributed by atoms with van der Waals surface area (Å²) in [6, 6.07) is 11.1. The van der Waals surface area contributed by atoms with Crippen molar-refractivity contribution in [2.75, 3.05) is 5.73 Å². The van der Waals surface area contributed by atoms with Gasteiger partial charge in [-0.05, 0) is 27.6 Å². The van der Waals surface area contributed by atoms with Crippen LogP contribution in [-0.2, 0) is 6.54 Å². The number of amides is 1. The molecule has 1 aromatic carbocycles. The zero-order chi connectivity index (χ0) is 17.8. The van der Waals surface area contributed by atoms with Gasteiger partial charge < -0.3 is 11.1 Å². The number of halogens is 1. The summed E-state index contributed by atoms with van der Waals surface area (Å²) in [5, 5.41) is 2.99. The molecule has 3 aromatic rings. The molecule has 2 aromatic heterocycles. The lowest BCUT2D eigenvalue weighted by Crippen LogP contribution is -2.21. The van der Waals surface area contributed by atoms with Crippen molar-refractivity contribution in [2.24, 2.45) is 0 Å². The largest absolute Gasteiger partial charge is 0.383 e. The van der Waals surface area contributed by atoms with Crippen LogP contribution in [-0.4, -0.2) is 21.7 Å². The van der Waals surface area contributed by atoms with Gasteiger partial charge in [0.25, 0.3) is 5.91 Å². The summed E-state index contributed by atoms with van der Waals surface area (Å²) in [6.45, 7) is 0.406. The van der Waals surface area contributed by atoms with E-state index < -0.39 is 0 Å². The number of anilines is 1. The van der Waals surface area contributed by atoms with Gasteiger partial charge in [-0.3, -0.25) is 9.59 Å². The Hall–Kier alpha value is -2.58. The molecule has 8 heteroatoms. The Morgan fingerprint density at radius 3 is 2.72 bits per heavy atom. The molecule has 3 N–H and O–H groups in total. The number of nitrogens with zero attached hydrogens (tertiary/aromatic N) is 2. The molecule has 0 saturated carbocycles. The van der Waals surface area contributed by atoms with Crippen molar-refractivity contribution in [3.05, 3.63) is 74.3 Å². The number of hydrogen-bond acceptors (Lipinski definition) is 6. The van der Waals surface area contributed by atoms with Gasteiger partial charge in [0.05, 0.1) is 11.8 Å². The highest BCUT2D eigenvalue weighted by atomic mass is 79.9. The SMILES string of the molecule is Nc1ncc(Br)cc1C(=O)c1ncc(C(=O)NCc2ccccc2)s1.[HH].[HH]. The van der Waals surface area contributed by atoms with E-state index in [1.165, 1.54) is 12.4 Å². The van der Waals surface area contributed by atoms with Crippen molar-refractivity contribution < 1.29 is 12.4 Å². The Bertz CT molecular complexity index is 938. The highest BCUT2D eigenvalue weighted by Gasteiger charge is 2.19. The first-order valence-corrected chi connectivity index (χ1v) is 8.89. The van der Waals surface area contributed by atoms with Crippen LogP contribution in [0.2, 0.25) is 0 Å². The first-order valence-electron chi connectivity index (χ1n) is 7.28. The Morgan fingerprint density at radius 2 is 1.96 bits per heavy atom. The van der Waals surface area contributed by atoms with Crippen LogP contribution in [0.3, 0.4) is 0 Å². The molecule has 1 amide bonds. The smallest absolute Gasteiger partial charge is 0.263 e. The Morgan fingerprint density at radius 1 is 1.20 bits per heavy atom. The third-order valence-corrected chi connectivity index (χ3v) is 4.78. The van der Waals surface area contributed by atoms with Crippen LogP contribution in [0.25, 0.3) is 0 Å². The van der Waals surface area contributed by atoms with Crippen LogP contribution in [0.15, 0.2) is 53.3 Å². The number of nitrogen functional groups attached to an aromatic ring is 1. The normalized spacial score (nSPS) is 10.4. The van der Waals surface area contributed by atoms with Crippen molar-refractivity contribution in [3.63, 3.8) is 0 Å². The zero-order valence-electron chi connectivity index (χ0n) is 12.9. The molecular formula is C17H17BrN4O2S. The Kier molecular flexibility index (Phi) is 5.20.